The summed E-state index contributed by atoms with van der Waals surface area (Å²) in [6.07, 6.45) is -0.227. The topological polar surface area (TPSA) is 59.3 Å². The maximum Gasteiger partial charge on any atom is 0.387 e. The van der Waals surface area contributed by atoms with E-state index in [2.05, 4.69) is 17.4 Å². The number of esters is 1. The molecule has 0 atom stereocenters. The third-order valence-corrected chi connectivity index (χ3v) is 2.62. The lowest BCUT2D eigenvalue weighted by molar-refractivity contribution is -0.142. The van der Waals surface area contributed by atoms with Crippen molar-refractivity contribution in [3.05, 3.63) is 23.3 Å². The third kappa shape index (κ3) is 4.10. The molecule has 4 nitrogen and oxygen atoms in total. The average molecular weight is 287 g/mol. The van der Waals surface area contributed by atoms with Crippen LogP contribution in [0.4, 0.5) is 8.78 Å². The zero-order valence-corrected chi connectivity index (χ0v) is 10.9. The van der Waals surface area contributed by atoms with Gasteiger partial charge in [-0.2, -0.15) is 14.0 Å². The molecule has 0 aromatic heterocycles. The third-order valence-electron chi connectivity index (χ3n) is 2.18. The maximum atomic E-state index is 12.3. The van der Waals surface area contributed by atoms with E-state index in [0.717, 1.165) is 0 Å². The van der Waals surface area contributed by atoms with Crippen molar-refractivity contribution in [1.29, 1.82) is 5.26 Å². The Bertz CT molecular complexity index is 514. The molecule has 0 saturated carbocycles. The normalized spacial score (nSPS) is 10.1. The monoisotopic (exact) mass is 287 g/mol. The summed E-state index contributed by atoms with van der Waals surface area (Å²) in [5, 5.41) is 8.80. The van der Waals surface area contributed by atoms with Crippen LogP contribution in [0.25, 0.3) is 0 Å². The minimum absolute atomic E-state index is 0.0235. The van der Waals surface area contributed by atoms with Gasteiger partial charge in [-0.25, -0.2) is 0 Å². The number of alkyl halides is 2. The van der Waals surface area contributed by atoms with Gasteiger partial charge in [-0.05, 0) is 13.0 Å². The molecule has 0 unspecified atom stereocenters. The Balaban J connectivity index is 3.13. The number of ether oxygens (including phenoxy) is 2. The molecule has 0 amide bonds. The van der Waals surface area contributed by atoms with Gasteiger partial charge in [0.25, 0.3) is 0 Å². The van der Waals surface area contributed by atoms with Crippen LogP contribution in [0.3, 0.4) is 0 Å². The molecule has 0 fully saturated rings. The molecule has 0 N–H and O–H groups in total. The molecule has 1 aromatic rings. The van der Waals surface area contributed by atoms with Crippen molar-refractivity contribution in [3.8, 4) is 11.8 Å². The lowest BCUT2D eigenvalue weighted by atomic mass is 10.1. The van der Waals surface area contributed by atoms with Crippen LogP contribution in [-0.4, -0.2) is 19.2 Å². The number of carbonyl (C=O) groups is 1. The molecule has 7 heteroatoms. The average Bonchev–Trinajstić information content (AvgIpc) is 2.34. The summed E-state index contributed by atoms with van der Waals surface area (Å²) in [6, 6.07) is 4.55. The van der Waals surface area contributed by atoms with Gasteiger partial charge >= 0.3 is 12.6 Å². The van der Waals surface area contributed by atoms with Gasteiger partial charge < -0.3 is 9.47 Å². The predicted octanol–water partition coefficient (Wildman–Crippen LogP) is 2.55. The molecule has 0 aliphatic carbocycles. The van der Waals surface area contributed by atoms with Crippen LogP contribution in [0.15, 0.2) is 17.0 Å². The van der Waals surface area contributed by atoms with Gasteiger partial charge in [0, 0.05) is 5.56 Å². The van der Waals surface area contributed by atoms with E-state index in [1.807, 2.05) is 0 Å². The summed E-state index contributed by atoms with van der Waals surface area (Å²) >= 11 is 3.98. The fourth-order valence-electron chi connectivity index (χ4n) is 1.43. The van der Waals surface area contributed by atoms with Crippen LogP contribution in [0.1, 0.15) is 18.1 Å². The number of halogens is 2. The molecule has 0 bridgehead atoms. The molecule has 0 aliphatic rings. The van der Waals surface area contributed by atoms with Gasteiger partial charge in [0.05, 0.1) is 23.5 Å². The van der Waals surface area contributed by atoms with Crippen molar-refractivity contribution < 1.29 is 23.0 Å². The Morgan fingerprint density at radius 2 is 2.21 bits per heavy atom. The number of nitrogens with zero attached hydrogens (tertiary/aromatic N) is 1. The highest BCUT2D eigenvalue weighted by molar-refractivity contribution is 7.80. The summed E-state index contributed by atoms with van der Waals surface area (Å²) in [7, 11) is 0. The van der Waals surface area contributed by atoms with Crippen LogP contribution in [-0.2, 0) is 16.0 Å². The van der Waals surface area contributed by atoms with Gasteiger partial charge in [-0.3, -0.25) is 4.79 Å². The maximum absolute atomic E-state index is 12.3. The first-order valence-corrected chi connectivity index (χ1v) is 5.79. The van der Waals surface area contributed by atoms with Gasteiger partial charge in [0.15, 0.2) is 0 Å². The molecule has 0 saturated heterocycles. The van der Waals surface area contributed by atoms with E-state index in [9.17, 15) is 13.6 Å². The first-order valence-electron chi connectivity index (χ1n) is 5.35. The summed E-state index contributed by atoms with van der Waals surface area (Å²) in [5.74, 6) is -0.843. The van der Waals surface area contributed by atoms with E-state index in [0.29, 0.717) is 0 Å². The van der Waals surface area contributed by atoms with E-state index >= 15 is 0 Å². The Morgan fingerprint density at radius 3 is 2.74 bits per heavy atom. The first-order chi connectivity index (χ1) is 8.99. The van der Waals surface area contributed by atoms with Crippen molar-refractivity contribution in [2.24, 2.45) is 0 Å². The quantitative estimate of drug-likeness (QED) is 0.668. The summed E-state index contributed by atoms with van der Waals surface area (Å²) in [4.78, 5) is 11.3. The van der Waals surface area contributed by atoms with Gasteiger partial charge in [-0.15, -0.1) is 12.6 Å². The summed E-state index contributed by atoms with van der Waals surface area (Å²) in [5.41, 5.74) is 0.286. The molecular formula is C12H11F2NO3S. The smallest absolute Gasteiger partial charge is 0.387 e. The molecule has 102 valence electrons. The number of hydrogen-bond acceptors (Lipinski definition) is 5. The zero-order valence-electron chi connectivity index (χ0n) is 10.0. The fourth-order valence-corrected chi connectivity index (χ4v) is 1.75. The Morgan fingerprint density at radius 1 is 1.53 bits per heavy atom. The second kappa shape index (κ2) is 6.95. The Hall–Kier alpha value is -1.81. The number of thiol groups is 1. The minimum Gasteiger partial charge on any atom is -0.466 e. The van der Waals surface area contributed by atoms with Gasteiger partial charge in [-0.1, -0.05) is 6.07 Å². The van der Waals surface area contributed by atoms with E-state index < -0.39 is 12.6 Å². The number of rotatable bonds is 5. The van der Waals surface area contributed by atoms with Crippen molar-refractivity contribution in [2.45, 2.75) is 24.9 Å². The number of carbonyl (C=O) groups excluding carboxylic acids is 1. The second-order valence-corrected chi connectivity index (χ2v) is 3.87. The summed E-state index contributed by atoms with van der Waals surface area (Å²) in [6.45, 7) is -1.24. The molecule has 19 heavy (non-hydrogen) atoms. The van der Waals surface area contributed by atoms with Crippen LogP contribution in [0, 0.1) is 11.3 Å². The molecule has 1 rings (SSSR count). The highest BCUT2D eigenvalue weighted by Gasteiger charge is 2.18. The van der Waals surface area contributed by atoms with E-state index in [1.54, 1.807) is 13.0 Å². The highest BCUT2D eigenvalue weighted by Crippen LogP contribution is 2.32. The van der Waals surface area contributed by atoms with Crippen molar-refractivity contribution in [1.82, 2.24) is 0 Å². The van der Waals surface area contributed by atoms with E-state index in [-0.39, 0.29) is 34.8 Å². The van der Waals surface area contributed by atoms with Crippen LogP contribution < -0.4 is 4.74 Å². The predicted molar refractivity (Wildman–Crippen MR) is 65.4 cm³/mol. The number of nitriles is 1. The molecule has 0 aliphatic heterocycles. The van der Waals surface area contributed by atoms with Crippen LogP contribution >= 0.6 is 12.6 Å². The lowest BCUT2D eigenvalue weighted by Crippen LogP contribution is -2.11. The lowest BCUT2D eigenvalue weighted by Gasteiger charge is -2.13. The number of benzene rings is 1. The van der Waals surface area contributed by atoms with E-state index in [1.165, 1.54) is 12.1 Å². The fraction of sp³-hybridized carbons (Fsp3) is 0.333. The Kier molecular flexibility index (Phi) is 5.57. The van der Waals surface area contributed by atoms with Crippen LogP contribution in [0.2, 0.25) is 0 Å². The van der Waals surface area contributed by atoms with Crippen molar-refractivity contribution >= 4 is 18.6 Å². The number of hydrogen-bond donors (Lipinski definition) is 1. The standard InChI is InChI=1S/C12H11F2NO3S/c1-2-17-9(16)5-7-3-4-8(6-15)11(19)10(7)18-12(13)14/h3-4,12,19H,2,5H2,1H3. The minimum atomic E-state index is -3.07. The Labute approximate surface area is 114 Å². The molecule has 0 radical (unpaired) electrons. The van der Waals surface area contributed by atoms with Crippen molar-refractivity contribution in [3.63, 3.8) is 0 Å². The zero-order chi connectivity index (χ0) is 14.4. The van der Waals surface area contributed by atoms with Crippen molar-refractivity contribution in [2.75, 3.05) is 6.61 Å². The van der Waals surface area contributed by atoms with Gasteiger partial charge in [0.2, 0.25) is 0 Å². The van der Waals surface area contributed by atoms with Crippen LogP contribution in [0.5, 0.6) is 5.75 Å². The molecule has 0 spiro atoms. The largest absolute Gasteiger partial charge is 0.466 e. The second-order valence-electron chi connectivity index (χ2n) is 3.42. The van der Waals surface area contributed by atoms with Gasteiger partial charge in [0.1, 0.15) is 11.8 Å². The SMILES string of the molecule is CCOC(=O)Cc1ccc(C#N)c(S)c1OC(F)F. The molecule has 1 aromatic carbocycles. The summed E-state index contributed by atoms with van der Waals surface area (Å²) < 4.78 is 33.8. The first kappa shape index (κ1) is 15.2. The molecular weight excluding hydrogens is 276 g/mol. The van der Waals surface area contributed by atoms with E-state index in [4.69, 9.17) is 10.00 Å². The highest BCUT2D eigenvalue weighted by atomic mass is 32.1. The molecule has 0 heterocycles.